The third-order valence-electron chi connectivity index (χ3n) is 5.05. The van der Waals surface area contributed by atoms with Crippen LogP contribution in [0.4, 0.5) is 0 Å². The average Bonchev–Trinajstić information content (AvgIpc) is 2.72. The van der Waals surface area contributed by atoms with Crippen molar-refractivity contribution in [2.75, 3.05) is 6.61 Å². The first kappa shape index (κ1) is 18.8. The number of nitrogens with two attached hydrogens (primary N) is 1. The smallest absolute Gasteiger partial charge is 0.338 e. The fraction of sp³-hybridized carbons (Fsp3) is 0.318. The number of primary amides is 1. The normalized spacial score (nSPS) is 14.5. The molecule has 27 heavy (non-hydrogen) atoms. The molecule has 1 amide bonds. The van der Waals surface area contributed by atoms with Gasteiger partial charge in [0.05, 0.1) is 5.56 Å². The molecule has 0 aromatic heterocycles. The number of amides is 1. The Labute approximate surface area is 158 Å². The molecule has 2 aromatic rings. The predicted molar refractivity (Wildman–Crippen MR) is 102 cm³/mol. The zero-order valence-corrected chi connectivity index (χ0v) is 15.1. The van der Waals surface area contributed by atoms with Crippen LogP contribution in [0.5, 0.6) is 0 Å². The molecule has 0 heterocycles. The second kappa shape index (κ2) is 8.62. The van der Waals surface area contributed by atoms with Gasteiger partial charge in [-0.3, -0.25) is 9.59 Å². The summed E-state index contributed by atoms with van der Waals surface area (Å²) in [6.07, 6.45) is 6.26. The van der Waals surface area contributed by atoms with Gasteiger partial charge >= 0.3 is 5.97 Å². The number of hydrogen-bond donors (Lipinski definition) is 1. The number of benzene rings is 2. The summed E-state index contributed by atoms with van der Waals surface area (Å²) < 4.78 is 5.09. The average molecular weight is 365 g/mol. The standard InChI is InChI=1S/C22H23NO4/c23-21(25)18-10-12-19(13-11-18)22(26)27-14-20(24)17-8-6-16(7-9-17)15-4-2-1-3-5-15/h6-13,15H,1-5,14H2,(H2,23,25). The molecule has 5 nitrogen and oxygen atoms in total. The Morgan fingerprint density at radius 2 is 1.37 bits per heavy atom. The molecule has 2 N–H and O–H groups in total. The highest BCUT2D eigenvalue weighted by Crippen LogP contribution is 2.32. The number of ether oxygens (including phenoxy) is 1. The van der Waals surface area contributed by atoms with Crippen molar-refractivity contribution in [2.24, 2.45) is 5.73 Å². The van der Waals surface area contributed by atoms with E-state index in [1.54, 1.807) is 0 Å². The maximum Gasteiger partial charge on any atom is 0.338 e. The molecule has 0 unspecified atom stereocenters. The summed E-state index contributed by atoms with van der Waals surface area (Å²) in [7, 11) is 0. The van der Waals surface area contributed by atoms with E-state index in [1.165, 1.54) is 61.9 Å². The summed E-state index contributed by atoms with van der Waals surface area (Å²) in [5, 5.41) is 0. The first-order valence-electron chi connectivity index (χ1n) is 9.25. The van der Waals surface area contributed by atoms with E-state index in [2.05, 4.69) is 0 Å². The van der Waals surface area contributed by atoms with Gasteiger partial charge in [-0.15, -0.1) is 0 Å². The Bertz CT molecular complexity index is 818. The van der Waals surface area contributed by atoms with Gasteiger partial charge in [-0.25, -0.2) is 4.79 Å². The molecule has 0 atom stereocenters. The number of carbonyl (C=O) groups is 3. The van der Waals surface area contributed by atoms with Crippen LogP contribution in [0.25, 0.3) is 0 Å². The van der Waals surface area contributed by atoms with E-state index in [4.69, 9.17) is 10.5 Å². The summed E-state index contributed by atoms with van der Waals surface area (Å²) in [4.78, 5) is 35.3. The molecule has 1 aliphatic carbocycles. The molecule has 1 aliphatic rings. The highest BCUT2D eigenvalue weighted by Gasteiger charge is 2.17. The van der Waals surface area contributed by atoms with Crippen molar-refractivity contribution in [3.8, 4) is 0 Å². The van der Waals surface area contributed by atoms with Gasteiger partial charge < -0.3 is 10.5 Å². The Hall–Kier alpha value is -2.95. The van der Waals surface area contributed by atoms with Crippen molar-refractivity contribution < 1.29 is 19.1 Å². The van der Waals surface area contributed by atoms with Crippen LogP contribution in [0.15, 0.2) is 48.5 Å². The van der Waals surface area contributed by atoms with Gasteiger partial charge in [0.2, 0.25) is 5.91 Å². The van der Waals surface area contributed by atoms with Crippen LogP contribution in [0, 0.1) is 0 Å². The fourth-order valence-corrected chi connectivity index (χ4v) is 3.45. The second-order valence-corrected chi connectivity index (χ2v) is 6.90. The van der Waals surface area contributed by atoms with Crippen LogP contribution in [-0.4, -0.2) is 24.3 Å². The van der Waals surface area contributed by atoms with E-state index >= 15 is 0 Å². The molecule has 5 heteroatoms. The number of ketones is 1. The van der Waals surface area contributed by atoms with Gasteiger partial charge in [-0.05, 0) is 48.6 Å². The molecule has 2 aromatic carbocycles. The van der Waals surface area contributed by atoms with Gasteiger partial charge in [0, 0.05) is 11.1 Å². The monoisotopic (exact) mass is 365 g/mol. The molecule has 0 spiro atoms. The lowest BCUT2D eigenvalue weighted by Crippen LogP contribution is -2.15. The minimum absolute atomic E-state index is 0.243. The van der Waals surface area contributed by atoms with Crippen molar-refractivity contribution in [3.63, 3.8) is 0 Å². The third-order valence-corrected chi connectivity index (χ3v) is 5.05. The van der Waals surface area contributed by atoms with E-state index in [9.17, 15) is 14.4 Å². The highest BCUT2D eigenvalue weighted by atomic mass is 16.5. The quantitative estimate of drug-likeness (QED) is 0.622. The molecular formula is C22H23NO4. The second-order valence-electron chi connectivity index (χ2n) is 6.90. The maximum atomic E-state index is 12.3. The summed E-state index contributed by atoms with van der Waals surface area (Å²) in [6.45, 7) is -0.320. The Morgan fingerprint density at radius 3 is 1.96 bits per heavy atom. The lowest BCUT2D eigenvalue weighted by atomic mass is 9.84. The van der Waals surface area contributed by atoms with Gasteiger partial charge in [0.1, 0.15) is 0 Å². The van der Waals surface area contributed by atoms with Gasteiger partial charge in [-0.2, -0.15) is 0 Å². The van der Waals surface area contributed by atoms with E-state index in [0.29, 0.717) is 17.0 Å². The summed E-state index contributed by atoms with van der Waals surface area (Å²) in [5.41, 5.74) is 7.54. The van der Waals surface area contributed by atoms with Crippen molar-refractivity contribution in [3.05, 3.63) is 70.8 Å². The van der Waals surface area contributed by atoms with Gasteiger partial charge in [0.15, 0.2) is 12.4 Å². The zero-order chi connectivity index (χ0) is 19.2. The van der Waals surface area contributed by atoms with Crippen molar-refractivity contribution in [2.45, 2.75) is 38.0 Å². The molecule has 0 saturated heterocycles. The minimum Gasteiger partial charge on any atom is -0.454 e. The maximum absolute atomic E-state index is 12.3. The molecule has 140 valence electrons. The van der Waals surface area contributed by atoms with E-state index in [-0.39, 0.29) is 18.0 Å². The van der Waals surface area contributed by atoms with Crippen LogP contribution in [-0.2, 0) is 4.74 Å². The molecular weight excluding hydrogens is 342 g/mol. The van der Waals surface area contributed by atoms with E-state index in [1.807, 2.05) is 24.3 Å². The summed E-state index contributed by atoms with van der Waals surface area (Å²) in [5.74, 6) is -0.837. The number of esters is 1. The first-order chi connectivity index (χ1) is 13.0. The minimum atomic E-state index is -0.613. The van der Waals surface area contributed by atoms with Crippen molar-refractivity contribution in [1.82, 2.24) is 0 Å². The Balaban J connectivity index is 1.55. The molecule has 3 rings (SSSR count). The van der Waals surface area contributed by atoms with Crippen LogP contribution in [0.2, 0.25) is 0 Å². The van der Waals surface area contributed by atoms with E-state index < -0.39 is 11.9 Å². The molecule has 0 aliphatic heterocycles. The van der Waals surface area contributed by atoms with Crippen LogP contribution in [0.3, 0.4) is 0 Å². The largest absolute Gasteiger partial charge is 0.454 e. The van der Waals surface area contributed by atoms with Crippen LogP contribution < -0.4 is 5.73 Å². The SMILES string of the molecule is NC(=O)c1ccc(C(=O)OCC(=O)c2ccc(C3CCCCC3)cc2)cc1. The topological polar surface area (TPSA) is 86.5 Å². The number of rotatable bonds is 6. The summed E-state index contributed by atoms with van der Waals surface area (Å²) in [6, 6.07) is 13.4. The molecule has 0 radical (unpaired) electrons. The highest BCUT2D eigenvalue weighted by molar-refractivity contribution is 5.99. The first-order valence-corrected chi connectivity index (χ1v) is 9.25. The van der Waals surface area contributed by atoms with Crippen molar-refractivity contribution in [1.29, 1.82) is 0 Å². The number of hydrogen-bond acceptors (Lipinski definition) is 4. The molecule has 1 fully saturated rings. The molecule has 1 saturated carbocycles. The number of Topliss-reactive ketones (excluding diaryl/α,β-unsaturated/α-hetero) is 1. The lowest BCUT2D eigenvalue weighted by molar-refractivity contribution is 0.0474. The summed E-state index contributed by atoms with van der Waals surface area (Å²) >= 11 is 0. The van der Waals surface area contributed by atoms with E-state index in [0.717, 1.165) is 0 Å². The van der Waals surface area contributed by atoms with Gasteiger partial charge in [-0.1, -0.05) is 43.5 Å². The zero-order valence-electron chi connectivity index (χ0n) is 15.1. The number of carbonyl (C=O) groups excluding carboxylic acids is 3. The fourth-order valence-electron chi connectivity index (χ4n) is 3.45. The third kappa shape index (κ3) is 4.82. The Kier molecular flexibility index (Phi) is 6.01. The van der Waals surface area contributed by atoms with Crippen LogP contribution >= 0.6 is 0 Å². The van der Waals surface area contributed by atoms with Crippen molar-refractivity contribution >= 4 is 17.7 Å². The van der Waals surface area contributed by atoms with Crippen LogP contribution in [0.1, 0.15) is 74.7 Å². The lowest BCUT2D eigenvalue weighted by Gasteiger charge is -2.22. The Morgan fingerprint density at radius 1 is 0.815 bits per heavy atom. The molecule has 0 bridgehead atoms. The van der Waals surface area contributed by atoms with Gasteiger partial charge in [0.25, 0.3) is 0 Å². The predicted octanol–water partition coefficient (Wildman–Crippen LogP) is 3.87.